The molecule has 0 bridgehead atoms. The summed E-state index contributed by atoms with van der Waals surface area (Å²) in [5.74, 6) is 0. The maximum atomic E-state index is 9.99. The molecule has 3 N–H and O–H groups in total. The van der Waals surface area contributed by atoms with Gasteiger partial charge in [-0.15, -0.1) is 0 Å². The third kappa shape index (κ3) is 5.13. The zero-order valence-corrected chi connectivity index (χ0v) is 14.4. The minimum atomic E-state index is -0.999. The first-order chi connectivity index (χ1) is 10.8. The highest BCUT2D eigenvalue weighted by atomic mass is 16.6. The molecule has 1 aliphatic heterocycles. The second-order valence-electron chi connectivity index (χ2n) is 7.34. The van der Waals surface area contributed by atoms with E-state index in [0.29, 0.717) is 6.42 Å². The van der Waals surface area contributed by atoms with Crippen LogP contribution in [-0.2, 0) is 9.47 Å². The number of aliphatic hydroxyl groups is 3. The molecular formula is C18H30O5. The van der Waals surface area contributed by atoms with Crippen molar-refractivity contribution in [3.63, 3.8) is 0 Å². The van der Waals surface area contributed by atoms with Crippen LogP contribution in [0.15, 0.2) is 23.3 Å². The lowest BCUT2D eigenvalue weighted by Gasteiger charge is -2.33. The molecule has 4 unspecified atom stereocenters. The topological polar surface area (TPSA) is 79.2 Å². The lowest BCUT2D eigenvalue weighted by Crippen LogP contribution is -2.43. The van der Waals surface area contributed by atoms with Gasteiger partial charge in [-0.2, -0.15) is 0 Å². The largest absolute Gasteiger partial charge is 0.390 e. The van der Waals surface area contributed by atoms with E-state index in [1.807, 2.05) is 6.08 Å². The fourth-order valence-electron chi connectivity index (χ4n) is 3.41. The van der Waals surface area contributed by atoms with Gasteiger partial charge in [-0.05, 0) is 43.3 Å². The summed E-state index contributed by atoms with van der Waals surface area (Å²) in [5.41, 5.74) is 2.78. The standard InChI is InChI=1S/C18H30O5/c1-12-5-4-8-18(2,3)14(12)6-7-17(21)23-10-13-9-15(19)16(20)11-22-13/h6-7,13,15-17,19-21H,4-5,8-11H2,1-3H3/b7-6+. The zero-order chi connectivity index (χ0) is 17.0. The molecule has 0 amide bonds. The fraction of sp³-hybridized carbons (Fsp3) is 0.778. The van der Waals surface area contributed by atoms with Gasteiger partial charge in [-0.25, -0.2) is 0 Å². The lowest BCUT2D eigenvalue weighted by molar-refractivity contribution is -0.160. The van der Waals surface area contributed by atoms with Gasteiger partial charge in [-0.1, -0.05) is 25.5 Å². The molecule has 1 aliphatic carbocycles. The Morgan fingerprint density at radius 1 is 1.35 bits per heavy atom. The highest BCUT2D eigenvalue weighted by molar-refractivity contribution is 5.32. The number of rotatable bonds is 5. The first kappa shape index (κ1) is 18.6. The van der Waals surface area contributed by atoms with E-state index < -0.39 is 18.5 Å². The van der Waals surface area contributed by atoms with Crippen LogP contribution in [-0.4, -0.2) is 53.1 Å². The molecule has 0 spiro atoms. The van der Waals surface area contributed by atoms with Gasteiger partial charge in [-0.3, -0.25) is 0 Å². The Labute approximate surface area is 138 Å². The van der Waals surface area contributed by atoms with Gasteiger partial charge in [0.25, 0.3) is 0 Å². The highest BCUT2D eigenvalue weighted by Gasteiger charge is 2.29. The maximum Gasteiger partial charge on any atom is 0.174 e. The lowest BCUT2D eigenvalue weighted by atomic mass is 9.72. The summed E-state index contributed by atoms with van der Waals surface area (Å²) >= 11 is 0. The summed E-state index contributed by atoms with van der Waals surface area (Å²) < 4.78 is 10.8. The van der Waals surface area contributed by atoms with Crippen LogP contribution < -0.4 is 0 Å². The van der Waals surface area contributed by atoms with E-state index in [2.05, 4.69) is 20.8 Å². The van der Waals surface area contributed by atoms with Crippen molar-refractivity contribution in [2.75, 3.05) is 13.2 Å². The molecular weight excluding hydrogens is 296 g/mol. The average Bonchev–Trinajstić information content (AvgIpc) is 2.47. The molecule has 5 nitrogen and oxygen atoms in total. The molecule has 4 atom stereocenters. The SMILES string of the molecule is CC1=C(/C=C/C(O)OCC2CC(O)C(O)CO2)C(C)(C)CCC1. The Kier molecular flexibility index (Phi) is 6.40. The summed E-state index contributed by atoms with van der Waals surface area (Å²) in [6.45, 7) is 6.89. The van der Waals surface area contributed by atoms with Gasteiger partial charge >= 0.3 is 0 Å². The second kappa shape index (κ2) is 7.90. The first-order valence-corrected chi connectivity index (χ1v) is 8.45. The Morgan fingerprint density at radius 3 is 2.74 bits per heavy atom. The highest BCUT2D eigenvalue weighted by Crippen LogP contribution is 2.40. The predicted octanol–water partition coefficient (Wildman–Crippen LogP) is 1.91. The Balaban J connectivity index is 1.83. The molecule has 0 radical (unpaired) electrons. The first-order valence-electron chi connectivity index (χ1n) is 8.45. The number of hydrogen-bond donors (Lipinski definition) is 3. The van der Waals surface area contributed by atoms with Crippen LogP contribution in [0.1, 0.15) is 46.5 Å². The number of hydrogen-bond acceptors (Lipinski definition) is 5. The number of ether oxygens (including phenoxy) is 2. The maximum absolute atomic E-state index is 9.99. The number of aliphatic hydroxyl groups excluding tert-OH is 3. The van der Waals surface area contributed by atoms with E-state index in [1.54, 1.807) is 6.08 Å². The molecule has 132 valence electrons. The van der Waals surface area contributed by atoms with Crippen molar-refractivity contribution in [2.24, 2.45) is 5.41 Å². The van der Waals surface area contributed by atoms with E-state index in [0.717, 1.165) is 12.8 Å². The summed E-state index contributed by atoms with van der Waals surface area (Å²) in [4.78, 5) is 0. The monoisotopic (exact) mass is 326 g/mol. The van der Waals surface area contributed by atoms with Crippen LogP contribution in [0.3, 0.4) is 0 Å². The third-order valence-corrected chi connectivity index (χ3v) is 4.87. The third-order valence-electron chi connectivity index (χ3n) is 4.87. The summed E-state index contributed by atoms with van der Waals surface area (Å²) in [5, 5.41) is 29.0. The molecule has 2 rings (SSSR count). The molecule has 0 aromatic rings. The van der Waals surface area contributed by atoms with Gasteiger partial charge in [0, 0.05) is 6.42 Å². The molecule has 0 saturated carbocycles. The van der Waals surface area contributed by atoms with Gasteiger partial charge < -0.3 is 24.8 Å². The molecule has 23 heavy (non-hydrogen) atoms. The summed E-state index contributed by atoms with van der Waals surface area (Å²) in [6.07, 6.45) is 4.49. The molecule has 1 fully saturated rings. The van der Waals surface area contributed by atoms with Gasteiger partial charge in [0.2, 0.25) is 0 Å². The summed E-state index contributed by atoms with van der Waals surface area (Å²) in [7, 11) is 0. The van der Waals surface area contributed by atoms with Gasteiger partial charge in [0.1, 0.15) is 6.10 Å². The van der Waals surface area contributed by atoms with Gasteiger partial charge in [0.05, 0.1) is 25.4 Å². The van der Waals surface area contributed by atoms with E-state index in [4.69, 9.17) is 9.47 Å². The quantitative estimate of drug-likeness (QED) is 0.673. The van der Waals surface area contributed by atoms with Crippen molar-refractivity contribution < 1.29 is 24.8 Å². The average molecular weight is 326 g/mol. The van der Waals surface area contributed by atoms with Crippen molar-refractivity contribution in [1.82, 2.24) is 0 Å². The number of allylic oxidation sites excluding steroid dienone is 3. The van der Waals surface area contributed by atoms with E-state index >= 15 is 0 Å². The molecule has 1 heterocycles. The van der Waals surface area contributed by atoms with Crippen molar-refractivity contribution in [3.8, 4) is 0 Å². The van der Waals surface area contributed by atoms with Crippen molar-refractivity contribution in [3.05, 3.63) is 23.3 Å². The minimum absolute atomic E-state index is 0.0986. The molecule has 0 aromatic carbocycles. The van der Waals surface area contributed by atoms with Crippen molar-refractivity contribution in [2.45, 2.75) is 71.1 Å². The summed E-state index contributed by atoms with van der Waals surface area (Å²) in [6, 6.07) is 0. The normalized spacial score (nSPS) is 33.2. The van der Waals surface area contributed by atoms with Gasteiger partial charge in [0.15, 0.2) is 6.29 Å². The van der Waals surface area contributed by atoms with E-state index in [9.17, 15) is 15.3 Å². The van der Waals surface area contributed by atoms with Crippen LogP contribution in [0, 0.1) is 5.41 Å². The Morgan fingerprint density at radius 2 is 2.09 bits per heavy atom. The van der Waals surface area contributed by atoms with E-state index in [-0.39, 0.29) is 24.7 Å². The Bertz CT molecular complexity index is 454. The van der Waals surface area contributed by atoms with Crippen LogP contribution in [0.5, 0.6) is 0 Å². The Hall–Kier alpha value is -0.720. The van der Waals surface area contributed by atoms with Crippen LogP contribution >= 0.6 is 0 Å². The zero-order valence-electron chi connectivity index (χ0n) is 14.4. The van der Waals surface area contributed by atoms with Crippen LogP contribution in [0.25, 0.3) is 0 Å². The molecule has 0 aromatic heterocycles. The fourth-order valence-corrected chi connectivity index (χ4v) is 3.41. The van der Waals surface area contributed by atoms with Crippen LogP contribution in [0.4, 0.5) is 0 Å². The minimum Gasteiger partial charge on any atom is -0.390 e. The predicted molar refractivity (Wildman–Crippen MR) is 87.8 cm³/mol. The van der Waals surface area contributed by atoms with Crippen molar-refractivity contribution >= 4 is 0 Å². The smallest absolute Gasteiger partial charge is 0.174 e. The molecule has 5 heteroatoms. The van der Waals surface area contributed by atoms with Crippen LogP contribution in [0.2, 0.25) is 0 Å². The second-order valence-corrected chi connectivity index (χ2v) is 7.34. The molecule has 2 aliphatic rings. The van der Waals surface area contributed by atoms with E-state index in [1.165, 1.54) is 17.6 Å². The van der Waals surface area contributed by atoms with Crippen molar-refractivity contribution in [1.29, 1.82) is 0 Å². The molecule has 1 saturated heterocycles.